The summed E-state index contributed by atoms with van der Waals surface area (Å²) < 4.78 is 0. The molecule has 3 N–H and O–H groups in total. The van der Waals surface area contributed by atoms with Gasteiger partial charge < -0.3 is 15.3 Å². The van der Waals surface area contributed by atoms with Gasteiger partial charge in [-0.25, -0.2) is 0 Å². The third kappa shape index (κ3) is 1.49. The zero-order valence-electron chi connectivity index (χ0n) is 11.5. The number of rotatable bonds is 0. The van der Waals surface area contributed by atoms with E-state index in [0.29, 0.717) is 28.3 Å². The molecular weight excluding hydrogens is 280 g/mol. The number of allylic oxidation sites excluding steroid dienone is 1. The van der Waals surface area contributed by atoms with Gasteiger partial charge in [0.15, 0.2) is 17.3 Å². The molecule has 0 atom stereocenters. The highest BCUT2D eigenvalue weighted by Gasteiger charge is 2.24. The first-order chi connectivity index (χ1) is 10.6. The van der Waals surface area contributed by atoms with E-state index < -0.39 is 11.5 Å². The van der Waals surface area contributed by atoms with Gasteiger partial charge in [0, 0.05) is 17.4 Å². The number of ketones is 1. The van der Waals surface area contributed by atoms with Crippen molar-refractivity contribution in [3.8, 4) is 17.2 Å². The van der Waals surface area contributed by atoms with E-state index in [1.165, 1.54) is 6.07 Å². The Hall–Kier alpha value is -3.01. The van der Waals surface area contributed by atoms with Crippen LogP contribution in [0.15, 0.2) is 36.4 Å². The largest absolute Gasteiger partial charge is 0.504 e. The number of hydrogen-bond acceptors (Lipinski definition) is 4. The molecule has 0 amide bonds. The monoisotopic (exact) mass is 292 g/mol. The van der Waals surface area contributed by atoms with Gasteiger partial charge in [-0.1, -0.05) is 36.4 Å². The first kappa shape index (κ1) is 12.7. The summed E-state index contributed by atoms with van der Waals surface area (Å²) in [5.74, 6) is -1.39. The normalized spacial score (nSPS) is 13.7. The summed E-state index contributed by atoms with van der Waals surface area (Å²) in [4.78, 5) is 12.4. The molecule has 0 saturated heterocycles. The van der Waals surface area contributed by atoms with Crippen molar-refractivity contribution in [3.63, 3.8) is 0 Å². The number of benzene rings is 3. The molecule has 0 unspecified atom stereocenters. The average molecular weight is 292 g/mol. The van der Waals surface area contributed by atoms with Crippen LogP contribution in [0.1, 0.15) is 22.3 Å². The maximum atomic E-state index is 12.4. The Balaban J connectivity index is 2.38. The van der Waals surface area contributed by atoms with Crippen LogP contribution in [-0.4, -0.2) is 21.1 Å². The smallest absolute Gasteiger partial charge is 0.200 e. The lowest BCUT2D eigenvalue weighted by Gasteiger charge is -2.18. The predicted octanol–water partition coefficient (Wildman–Crippen LogP) is 3.71. The van der Waals surface area contributed by atoms with Crippen LogP contribution in [0.4, 0.5) is 0 Å². The second-order valence-corrected chi connectivity index (χ2v) is 5.38. The van der Waals surface area contributed by atoms with Crippen molar-refractivity contribution in [2.24, 2.45) is 0 Å². The molecule has 3 aromatic carbocycles. The molecule has 108 valence electrons. The van der Waals surface area contributed by atoms with Crippen molar-refractivity contribution in [3.05, 3.63) is 47.5 Å². The van der Waals surface area contributed by atoms with Crippen LogP contribution in [-0.2, 0) is 0 Å². The van der Waals surface area contributed by atoms with Crippen LogP contribution in [0.5, 0.6) is 17.2 Å². The minimum Gasteiger partial charge on any atom is -0.504 e. The minimum atomic E-state index is -0.573. The van der Waals surface area contributed by atoms with Gasteiger partial charge >= 0.3 is 0 Å². The molecule has 0 heterocycles. The molecule has 0 saturated carbocycles. The van der Waals surface area contributed by atoms with Gasteiger partial charge in [0.05, 0.1) is 0 Å². The molecule has 0 aliphatic heterocycles. The van der Waals surface area contributed by atoms with E-state index >= 15 is 0 Å². The number of hydrogen-bond donors (Lipinski definition) is 3. The van der Waals surface area contributed by atoms with Gasteiger partial charge in [-0.15, -0.1) is 0 Å². The molecule has 22 heavy (non-hydrogen) atoms. The van der Waals surface area contributed by atoms with E-state index in [1.807, 2.05) is 24.3 Å². The number of carbonyl (C=O) groups excluding carboxylic acids is 1. The van der Waals surface area contributed by atoms with Crippen LogP contribution >= 0.6 is 0 Å². The molecule has 0 radical (unpaired) electrons. The number of carbonyl (C=O) groups is 1. The summed E-state index contributed by atoms with van der Waals surface area (Å²) in [6, 6.07) is 8.78. The molecule has 1 aliphatic rings. The Morgan fingerprint density at radius 2 is 1.64 bits per heavy atom. The fourth-order valence-electron chi connectivity index (χ4n) is 3.19. The topological polar surface area (TPSA) is 77.8 Å². The SMILES string of the molecule is O=C1CC=Cc2c1c1ccccc1c1cc(O)c(O)c(O)c21. The number of aromatic hydroxyl groups is 3. The predicted molar refractivity (Wildman–Crippen MR) is 84.4 cm³/mol. The highest BCUT2D eigenvalue weighted by Crippen LogP contribution is 2.47. The number of phenols is 3. The maximum Gasteiger partial charge on any atom is 0.200 e. The molecule has 4 rings (SSSR count). The van der Waals surface area contributed by atoms with E-state index in [2.05, 4.69) is 0 Å². The van der Waals surface area contributed by atoms with E-state index in [-0.39, 0.29) is 11.5 Å². The summed E-state index contributed by atoms with van der Waals surface area (Å²) in [7, 11) is 0. The minimum absolute atomic E-state index is 0.0254. The molecule has 1 aliphatic carbocycles. The lowest BCUT2D eigenvalue weighted by Crippen LogP contribution is -2.06. The Labute approximate surface area is 125 Å². The lowest BCUT2D eigenvalue weighted by molar-refractivity contribution is 0.0996. The third-order valence-corrected chi connectivity index (χ3v) is 4.15. The first-order valence-electron chi connectivity index (χ1n) is 6.91. The number of fused-ring (bicyclic) bond motifs is 6. The first-order valence-corrected chi connectivity index (χ1v) is 6.91. The van der Waals surface area contributed by atoms with Gasteiger partial charge in [-0.05, 0) is 27.8 Å². The molecule has 4 nitrogen and oxygen atoms in total. The summed E-state index contributed by atoms with van der Waals surface area (Å²) >= 11 is 0. The summed E-state index contributed by atoms with van der Waals surface area (Å²) in [5.41, 5.74) is 1.13. The van der Waals surface area contributed by atoms with Gasteiger partial charge in [0.25, 0.3) is 0 Å². The van der Waals surface area contributed by atoms with Crippen LogP contribution in [0.25, 0.3) is 27.6 Å². The van der Waals surface area contributed by atoms with Crippen molar-refractivity contribution in [1.29, 1.82) is 0 Å². The second-order valence-electron chi connectivity index (χ2n) is 5.38. The second kappa shape index (κ2) is 4.24. The van der Waals surface area contributed by atoms with Crippen molar-refractivity contribution in [2.45, 2.75) is 6.42 Å². The van der Waals surface area contributed by atoms with E-state index in [4.69, 9.17) is 0 Å². The molecular formula is C18H12O4. The average Bonchev–Trinajstić information content (AvgIpc) is 2.52. The van der Waals surface area contributed by atoms with Crippen LogP contribution < -0.4 is 0 Å². The fourth-order valence-corrected chi connectivity index (χ4v) is 3.19. The molecule has 0 aromatic heterocycles. The quantitative estimate of drug-likeness (QED) is 0.436. The highest BCUT2D eigenvalue weighted by atomic mass is 16.3. The third-order valence-electron chi connectivity index (χ3n) is 4.15. The molecule has 0 fully saturated rings. The highest BCUT2D eigenvalue weighted by molar-refractivity contribution is 6.24. The van der Waals surface area contributed by atoms with E-state index in [0.717, 1.165) is 10.8 Å². The lowest BCUT2D eigenvalue weighted by atomic mass is 9.85. The molecule has 0 spiro atoms. The van der Waals surface area contributed by atoms with Crippen molar-refractivity contribution >= 4 is 33.4 Å². The Kier molecular flexibility index (Phi) is 2.45. The summed E-state index contributed by atoms with van der Waals surface area (Å²) in [6.45, 7) is 0. The summed E-state index contributed by atoms with van der Waals surface area (Å²) in [5, 5.41) is 32.5. The van der Waals surface area contributed by atoms with Gasteiger partial charge in [-0.2, -0.15) is 0 Å². The fraction of sp³-hybridized carbons (Fsp3) is 0.0556. The van der Waals surface area contributed by atoms with Crippen molar-refractivity contribution in [2.75, 3.05) is 0 Å². The maximum absolute atomic E-state index is 12.4. The van der Waals surface area contributed by atoms with Crippen LogP contribution in [0, 0.1) is 0 Å². The zero-order chi connectivity index (χ0) is 15.4. The molecule has 3 aromatic rings. The van der Waals surface area contributed by atoms with Crippen molar-refractivity contribution in [1.82, 2.24) is 0 Å². The molecule has 0 bridgehead atoms. The Bertz CT molecular complexity index is 999. The standard InChI is InChI=1S/C18H12O4/c19-13-7-3-6-11-15(13)10-5-2-1-4-9(10)12-8-14(20)17(21)18(22)16(11)12/h1-6,8,20-22H,7H2. The number of Topliss-reactive ketones (excluding diaryl/α,β-unsaturated/α-hetero) is 1. The van der Waals surface area contributed by atoms with Gasteiger partial charge in [0.1, 0.15) is 0 Å². The number of phenolic OH excluding ortho intramolecular Hbond substituents is 3. The Morgan fingerprint density at radius 3 is 2.41 bits per heavy atom. The zero-order valence-corrected chi connectivity index (χ0v) is 11.5. The van der Waals surface area contributed by atoms with Gasteiger partial charge in [-0.3, -0.25) is 4.79 Å². The van der Waals surface area contributed by atoms with E-state index in [1.54, 1.807) is 12.2 Å². The van der Waals surface area contributed by atoms with Crippen LogP contribution in [0.3, 0.4) is 0 Å². The summed E-state index contributed by atoms with van der Waals surface area (Å²) in [6.07, 6.45) is 3.83. The Morgan fingerprint density at radius 1 is 0.909 bits per heavy atom. The van der Waals surface area contributed by atoms with E-state index in [9.17, 15) is 20.1 Å². The molecule has 4 heteroatoms. The van der Waals surface area contributed by atoms with Crippen molar-refractivity contribution < 1.29 is 20.1 Å². The van der Waals surface area contributed by atoms with Gasteiger partial charge in [0.2, 0.25) is 5.75 Å². The van der Waals surface area contributed by atoms with Crippen LogP contribution in [0.2, 0.25) is 0 Å².